The summed E-state index contributed by atoms with van der Waals surface area (Å²) in [5.41, 5.74) is 7.43. The van der Waals surface area contributed by atoms with E-state index in [-0.39, 0.29) is 5.54 Å². The first-order chi connectivity index (χ1) is 7.22. The lowest BCUT2D eigenvalue weighted by Crippen LogP contribution is -2.38. The predicted molar refractivity (Wildman–Crippen MR) is 59.7 cm³/mol. The summed E-state index contributed by atoms with van der Waals surface area (Å²) in [6.07, 6.45) is 4.94. The van der Waals surface area contributed by atoms with Gasteiger partial charge in [0.05, 0.1) is 0 Å². The number of phenolic OH excluding ortho intramolecular Hbond substituents is 1. The molecule has 0 heterocycles. The van der Waals surface area contributed by atoms with E-state index in [4.69, 9.17) is 5.73 Å². The second kappa shape index (κ2) is 2.99. The zero-order valence-corrected chi connectivity index (χ0v) is 8.82. The molecule has 0 bridgehead atoms. The summed E-state index contributed by atoms with van der Waals surface area (Å²) >= 11 is 0. The topological polar surface area (TPSA) is 46.2 Å². The quantitative estimate of drug-likeness (QED) is 0.775. The van der Waals surface area contributed by atoms with Crippen LogP contribution in [0.4, 0.5) is 0 Å². The van der Waals surface area contributed by atoms with Crippen LogP contribution in [0.15, 0.2) is 24.3 Å². The van der Waals surface area contributed by atoms with Gasteiger partial charge >= 0.3 is 0 Å². The van der Waals surface area contributed by atoms with Crippen LogP contribution in [0.3, 0.4) is 0 Å². The molecular weight excluding hydrogens is 186 g/mol. The van der Waals surface area contributed by atoms with E-state index >= 15 is 0 Å². The van der Waals surface area contributed by atoms with Gasteiger partial charge in [0, 0.05) is 11.5 Å². The number of hydrogen-bond donors (Lipinski definition) is 2. The van der Waals surface area contributed by atoms with Crippen LogP contribution in [0.2, 0.25) is 0 Å². The zero-order valence-electron chi connectivity index (χ0n) is 8.82. The van der Waals surface area contributed by atoms with Crippen LogP contribution < -0.4 is 5.73 Å². The molecule has 0 radical (unpaired) electrons. The van der Waals surface area contributed by atoms with Crippen LogP contribution in [0.25, 0.3) is 0 Å². The summed E-state index contributed by atoms with van der Waals surface area (Å²) < 4.78 is 0. The molecule has 2 fully saturated rings. The summed E-state index contributed by atoms with van der Waals surface area (Å²) in [6.45, 7) is 0. The Morgan fingerprint density at radius 2 is 2.00 bits per heavy atom. The molecule has 3 N–H and O–H groups in total. The highest BCUT2D eigenvalue weighted by molar-refractivity contribution is 5.43. The van der Waals surface area contributed by atoms with Crippen LogP contribution in [0.1, 0.15) is 37.2 Å². The number of phenols is 1. The van der Waals surface area contributed by atoms with E-state index in [0.29, 0.717) is 17.6 Å². The first-order valence-corrected chi connectivity index (χ1v) is 5.78. The van der Waals surface area contributed by atoms with Gasteiger partial charge in [0.2, 0.25) is 0 Å². The maximum atomic E-state index is 9.77. The van der Waals surface area contributed by atoms with E-state index in [2.05, 4.69) is 0 Å². The van der Waals surface area contributed by atoms with Gasteiger partial charge in [-0.3, -0.25) is 0 Å². The van der Waals surface area contributed by atoms with Crippen molar-refractivity contribution in [2.75, 3.05) is 0 Å². The molecule has 1 aromatic rings. The van der Waals surface area contributed by atoms with Crippen molar-refractivity contribution in [2.45, 2.75) is 37.1 Å². The van der Waals surface area contributed by atoms with Crippen LogP contribution in [-0.4, -0.2) is 10.6 Å². The van der Waals surface area contributed by atoms with Crippen LogP contribution in [0.5, 0.6) is 5.75 Å². The third-order valence-corrected chi connectivity index (χ3v) is 4.22. The minimum atomic E-state index is -0.00289. The largest absolute Gasteiger partial charge is 0.508 e. The van der Waals surface area contributed by atoms with Gasteiger partial charge in [-0.25, -0.2) is 0 Å². The number of para-hydroxylation sites is 1. The van der Waals surface area contributed by atoms with E-state index in [1.807, 2.05) is 18.2 Å². The first kappa shape index (κ1) is 9.22. The van der Waals surface area contributed by atoms with Gasteiger partial charge < -0.3 is 10.8 Å². The fourth-order valence-corrected chi connectivity index (χ4v) is 2.87. The normalized spacial score (nSPS) is 34.9. The molecule has 2 atom stereocenters. The second-order valence-electron chi connectivity index (χ2n) is 5.06. The average molecular weight is 203 g/mol. The van der Waals surface area contributed by atoms with E-state index in [9.17, 15) is 5.11 Å². The summed E-state index contributed by atoms with van der Waals surface area (Å²) in [7, 11) is 0. The number of hydrogen-bond acceptors (Lipinski definition) is 2. The highest BCUT2D eigenvalue weighted by atomic mass is 16.3. The maximum absolute atomic E-state index is 9.77. The minimum Gasteiger partial charge on any atom is -0.508 e. The third kappa shape index (κ3) is 1.28. The summed E-state index contributed by atoms with van der Waals surface area (Å²) in [5, 5.41) is 9.77. The number of nitrogens with two attached hydrogens (primary N) is 1. The lowest BCUT2D eigenvalue weighted by atomic mass is 9.77. The second-order valence-corrected chi connectivity index (χ2v) is 5.06. The van der Waals surface area contributed by atoms with Crippen molar-refractivity contribution in [1.29, 1.82) is 0 Å². The van der Waals surface area contributed by atoms with E-state index < -0.39 is 0 Å². The number of rotatable bonds is 2. The van der Waals surface area contributed by atoms with Crippen molar-refractivity contribution in [1.82, 2.24) is 0 Å². The molecule has 0 amide bonds. The molecule has 0 spiro atoms. The molecule has 2 nitrogen and oxygen atoms in total. The SMILES string of the molecule is NC1(C2CCC2)CC1c1ccccc1O. The Hall–Kier alpha value is -1.02. The van der Waals surface area contributed by atoms with E-state index in [1.165, 1.54) is 19.3 Å². The molecule has 0 saturated heterocycles. The van der Waals surface area contributed by atoms with Crippen molar-refractivity contribution in [3.63, 3.8) is 0 Å². The zero-order chi connectivity index (χ0) is 10.5. The van der Waals surface area contributed by atoms with Crippen molar-refractivity contribution >= 4 is 0 Å². The van der Waals surface area contributed by atoms with Crippen molar-refractivity contribution in [2.24, 2.45) is 11.7 Å². The van der Waals surface area contributed by atoms with E-state index in [0.717, 1.165) is 12.0 Å². The third-order valence-electron chi connectivity index (χ3n) is 4.22. The maximum Gasteiger partial charge on any atom is 0.119 e. The lowest BCUT2D eigenvalue weighted by Gasteiger charge is -2.32. The Kier molecular flexibility index (Phi) is 1.84. The molecular formula is C13H17NO. The molecule has 80 valence electrons. The fraction of sp³-hybridized carbons (Fsp3) is 0.538. The summed E-state index contributed by atoms with van der Waals surface area (Å²) in [6, 6.07) is 7.61. The highest BCUT2D eigenvalue weighted by Crippen LogP contribution is 2.60. The van der Waals surface area contributed by atoms with Crippen LogP contribution in [-0.2, 0) is 0 Å². The molecule has 2 unspecified atom stereocenters. The molecule has 2 heteroatoms. The molecule has 15 heavy (non-hydrogen) atoms. The Bertz CT molecular complexity index is 386. The number of aromatic hydroxyl groups is 1. The van der Waals surface area contributed by atoms with Crippen molar-refractivity contribution in [3.05, 3.63) is 29.8 Å². The van der Waals surface area contributed by atoms with Gasteiger partial charge in [-0.2, -0.15) is 0 Å². The van der Waals surface area contributed by atoms with Gasteiger partial charge in [0.15, 0.2) is 0 Å². The Labute approximate surface area is 90.1 Å². The molecule has 2 saturated carbocycles. The van der Waals surface area contributed by atoms with Crippen molar-refractivity contribution in [3.8, 4) is 5.75 Å². The van der Waals surface area contributed by atoms with Crippen LogP contribution >= 0.6 is 0 Å². The van der Waals surface area contributed by atoms with Gasteiger partial charge in [-0.05, 0) is 36.8 Å². The molecule has 2 aliphatic carbocycles. The summed E-state index contributed by atoms with van der Waals surface area (Å²) in [4.78, 5) is 0. The Balaban J connectivity index is 1.84. The molecule has 1 aromatic carbocycles. The van der Waals surface area contributed by atoms with Crippen molar-refractivity contribution < 1.29 is 5.11 Å². The Morgan fingerprint density at radius 3 is 2.60 bits per heavy atom. The molecule has 0 aromatic heterocycles. The van der Waals surface area contributed by atoms with Gasteiger partial charge in [0.1, 0.15) is 5.75 Å². The van der Waals surface area contributed by atoms with E-state index in [1.54, 1.807) is 6.07 Å². The fourth-order valence-electron chi connectivity index (χ4n) is 2.87. The average Bonchev–Trinajstić information content (AvgIpc) is 2.75. The standard InChI is InChI=1S/C13H17NO/c14-13(9-4-3-5-9)8-11(13)10-6-1-2-7-12(10)15/h1-2,6-7,9,11,15H,3-5,8,14H2. The predicted octanol–water partition coefficient (Wildman–Crippen LogP) is 2.38. The molecule has 0 aliphatic heterocycles. The van der Waals surface area contributed by atoms with Gasteiger partial charge in [-0.1, -0.05) is 24.6 Å². The van der Waals surface area contributed by atoms with Crippen LogP contribution in [0, 0.1) is 5.92 Å². The first-order valence-electron chi connectivity index (χ1n) is 5.78. The van der Waals surface area contributed by atoms with Gasteiger partial charge in [0.25, 0.3) is 0 Å². The minimum absolute atomic E-state index is 0.00289. The van der Waals surface area contributed by atoms with Gasteiger partial charge in [-0.15, -0.1) is 0 Å². The Morgan fingerprint density at radius 1 is 1.27 bits per heavy atom. The monoisotopic (exact) mass is 203 g/mol. The highest BCUT2D eigenvalue weighted by Gasteiger charge is 2.58. The molecule has 2 aliphatic rings. The number of benzene rings is 1. The smallest absolute Gasteiger partial charge is 0.119 e. The molecule has 3 rings (SSSR count). The lowest BCUT2D eigenvalue weighted by molar-refractivity contribution is 0.242. The summed E-state index contributed by atoms with van der Waals surface area (Å²) in [5.74, 6) is 1.50.